The third-order valence-corrected chi connectivity index (χ3v) is 4.53. The van der Waals surface area contributed by atoms with Crippen molar-refractivity contribution in [3.05, 3.63) is 41.1 Å². The van der Waals surface area contributed by atoms with Gasteiger partial charge in [0, 0.05) is 19.4 Å². The summed E-state index contributed by atoms with van der Waals surface area (Å²) >= 11 is 1.70. The van der Waals surface area contributed by atoms with E-state index in [1.165, 1.54) is 10.9 Å². The molecule has 6 heteroatoms. The zero-order valence-electron chi connectivity index (χ0n) is 13.9. The summed E-state index contributed by atoms with van der Waals surface area (Å²) in [5.41, 5.74) is 2.26. The van der Waals surface area contributed by atoms with Crippen molar-refractivity contribution in [2.75, 3.05) is 11.9 Å². The average molecular weight is 327 g/mol. The normalized spacial score (nSPS) is 11.3. The molecule has 0 aliphatic carbocycles. The number of thiophene rings is 1. The molecule has 0 aromatic carbocycles. The third kappa shape index (κ3) is 3.47. The molecule has 0 aliphatic heterocycles. The molecule has 0 fully saturated rings. The molecular weight excluding hydrogens is 306 g/mol. The molecule has 3 rings (SSSR count). The van der Waals surface area contributed by atoms with E-state index in [0.717, 1.165) is 28.6 Å². The highest BCUT2D eigenvalue weighted by atomic mass is 32.1. The van der Waals surface area contributed by atoms with E-state index < -0.39 is 0 Å². The molecule has 0 N–H and O–H groups in total. The van der Waals surface area contributed by atoms with Crippen molar-refractivity contribution in [3.63, 3.8) is 0 Å². The van der Waals surface area contributed by atoms with Crippen molar-refractivity contribution >= 4 is 27.4 Å². The fraction of sp³-hybridized carbons (Fsp3) is 0.412. The van der Waals surface area contributed by atoms with Crippen molar-refractivity contribution in [1.82, 2.24) is 19.9 Å². The molecule has 23 heavy (non-hydrogen) atoms. The standard InChI is InChI=1S/C17H21N5S/c1-11(2)7-13-10-23-17-15(13)16(20-12(3)21-17)22(4)9-14-8-18-5-6-19-14/h5-6,8,10-11H,7,9H2,1-4H3. The first-order valence-corrected chi connectivity index (χ1v) is 8.63. The summed E-state index contributed by atoms with van der Waals surface area (Å²) in [7, 11) is 2.05. The third-order valence-electron chi connectivity index (χ3n) is 3.61. The first-order valence-electron chi connectivity index (χ1n) is 7.75. The van der Waals surface area contributed by atoms with Crippen molar-refractivity contribution in [3.8, 4) is 0 Å². The van der Waals surface area contributed by atoms with Crippen molar-refractivity contribution < 1.29 is 0 Å². The molecule has 120 valence electrons. The Bertz CT molecular complexity index is 797. The van der Waals surface area contributed by atoms with Crippen LogP contribution in [-0.4, -0.2) is 27.0 Å². The number of hydrogen-bond donors (Lipinski definition) is 0. The van der Waals surface area contributed by atoms with Crippen LogP contribution in [0.4, 0.5) is 5.82 Å². The van der Waals surface area contributed by atoms with Gasteiger partial charge in [-0.3, -0.25) is 9.97 Å². The Balaban J connectivity index is 2.02. The van der Waals surface area contributed by atoms with Gasteiger partial charge in [0.1, 0.15) is 16.5 Å². The van der Waals surface area contributed by atoms with Gasteiger partial charge in [0.05, 0.1) is 23.8 Å². The fourth-order valence-corrected chi connectivity index (χ4v) is 3.67. The zero-order valence-corrected chi connectivity index (χ0v) is 14.8. The van der Waals surface area contributed by atoms with Crippen molar-refractivity contribution in [2.45, 2.75) is 33.7 Å². The van der Waals surface area contributed by atoms with Gasteiger partial charge in [-0.05, 0) is 30.2 Å². The molecule has 5 nitrogen and oxygen atoms in total. The lowest BCUT2D eigenvalue weighted by atomic mass is 10.0. The Morgan fingerprint density at radius 2 is 2.04 bits per heavy atom. The molecule has 0 saturated carbocycles. The largest absolute Gasteiger partial charge is 0.353 e. The number of fused-ring (bicyclic) bond motifs is 1. The number of anilines is 1. The minimum absolute atomic E-state index is 0.604. The van der Waals surface area contributed by atoms with Gasteiger partial charge in [-0.1, -0.05) is 13.8 Å². The van der Waals surface area contributed by atoms with Gasteiger partial charge in [0.2, 0.25) is 0 Å². The Hall–Kier alpha value is -2.08. The van der Waals surface area contributed by atoms with Crippen molar-refractivity contribution in [1.29, 1.82) is 0 Å². The van der Waals surface area contributed by atoms with Crippen LogP contribution in [0.25, 0.3) is 10.2 Å². The van der Waals surface area contributed by atoms with Crippen LogP contribution in [0.3, 0.4) is 0 Å². The summed E-state index contributed by atoms with van der Waals surface area (Å²) in [4.78, 5) is 21.0. The van der Waals surface area contributed by atoms with Gasteiger partial charge < -0.3 is 4.90 Å². The van der Waals surface area contributed by atoms with E-state index in [-0.39, 0.29) is 0 Å². The summed E-state index contributed by atoms with van der Waals surface area (Å²) in [6, 6.07) is 0. The van der Waals surface area contributed by atoms with E-state index in [4.69, 9.17) is 4.98 Å². The van der Waals surface area contributed by atoms with Crippen LogP contribution in [-0.2, 0) is 13.0 Å². The molecule has 0 atom stereocenters. The summed E-state index contributed by atoms with van der Waals surface area (Å²) in [5.74, 6) is 2.39. The molecule has 0 unspecified atom stereocenters. The molecule has 0 amide bonds. The first kappa shape index (κ1) is 15.8. The van der Waals surface area contributed by atoms with E-state index >= 15 is 0 Å². The lowest BCUT2D eigenvalue weighted by Crippen LogP contribution is -2.19. The number of hydrogen-bond acceptors (Lipinski definition) is 6. The SMILES string of the molecule is Cc1nc(N(C)Cc2cnccn2)c2c(CC(C)C)csc2n1. The number of aryl methyl sites for hydroxylation is 1. The minimum Gasteiger partial charge on any atom is -0.353 e. The van der Waals surface area contributed by atoms with E-state index in [0.29, 0.717) is 12.5 Å². The number of aromatic nitrogens is 4. The highest BCUT2D eigenvalue weighted by Crippen LogP contribution is 2.33. The molecule has 3 heterocycles. The number of rotatable bonds is 5. The number of nitrogens with zero attached hydrogens (tertiary/aromatic N) is 5. The Morgan fingerprint density at radius 1 is 1.22 bits per heavy atom. The molecule has 0 saturated heterocycles. The first-order chi connectivity index (χ1) is 11.0. The molecule has 0 spiro atoms. The summed E-state index contributed by atoms with van der Waals surface area (Å²) in [6.45, 7) is 7.10. The second-order valence-corrected chi connectivity index (χ2v) is 7.04. The average Bonchev–Trinajstić information content (AvgIpc) is 2.89. The van der Waals surface area contributed by atoms with Crippen molar-refractivity contribution in [2.24, 2.45) is 5.92 Å². The van der Waals surface area contributed by atoms with Gasteiger partial charge in [0.15, 0.2) is 0 Å². The predicted octanol–water partition coefficient (Wildman–Crippen LogP) is 3.62. The Labute approximate surface area is 140 Å². The van der Waals surface area contributed by atoms with E-state index in [2.05, 4.69) is 39.1 Å². The van der Waals surface area contributed by atoms with Gasteiger partial charge in [-0.15, -0.1) is 11.3 Å². The van der Waals surface area contributed by atoms with Gasteiger partial charge in [-0.25, -0.2) is 9.97 Å². The Morgan fingerprint density at radius 3 is 2.74 bits per heavy atom. The van der Waals surface area contributed by atoms with Crippen LogP contribution in [0.5, 0.6) is 0 Å². The highest BCUT2D eigenvalue weighted by Gasteiger charge is 2.17. The van der Waals surface area contributed by atoms with E-state index in [1.54, 1.807) is 29.9 Å². The maximum absolute atomic E-state index is 4.71. The van der Waals surface area contributed by atoms with Gasteiger partial charge in [-0.2, -0.15) is 0 Å². The van der Waals surface area contributed by atoms with Gasteiger partial charge in [0.25, 0.3) is 0 Å². The fourth-order valence-electron chi connectivity index (χ4n) is 2.68. The second kappa shape index (κ2) is 6.58. The lowest BCUT2D eigenvalue weighted by molar-refractivity contribution is 0.651. The molecule has 0 bridgehead atoms. The molecule has 0 aliphatic rings. The smallest absolute Gasteiger partial charge is 0.141 e. The van der Waals surface area contributed by atoms with E-state index in [1.807, 2.05) is 14.0 Å². The molecule has 3 aromatic rings. The van der Waals surface area contributed by atoms with Crippen LogP contribution >= 0.6 is 11.3 Å². The van der Waals surface area contributed by atoms with Crippen LogP contribution in [0, 0.1) is 12.8 Å². The summed E-state index contributed by atoms with van der Waals surface area (Å²) in [5, 5.41) is 3.40. The predicted molar refractivity (Wildman–Crippen MR) is 94.8 cm³/mol. The molecule has 3 aromatic heterocycles. The van der Waals surface area contributed by atoms with Crippen LogP contribution in [0.2, 0.25) is 0 Å². The van der Waals surface area contributed by atoms with Crippen LogP contribution in [0.15, 0.2) is 24.0 Å². The maximum Gasteiger partial charge on any atom is 0.141 e. The van der Waals surface area contributed by atoms with E-state index in [9.17, 15) is 0 Å². The monoisotopic (exact) mass is 327 g/mol. The molecular formula is C17H21N5S. The summed E-state index contributed by atoms with van der Waals surface area (Å²) < 4.78 is 0. The zero-order chi connectivity index (χ0) is 16.4. The van der Waals surface area contributed by atoms with Gasteiger partial charge >= 0.3 is 0 Å². The van der Waals surface area contributed by atoms with Crippen LogP contribution in [0.1, 0.15) is 30.9 Å². The highest BCUT2D eigenvalue weighted by molar-refractivity contribution is 7.17. The Kier molecular flexibility index (Phi) is 4.52. The lowest BCUT2D eigenvalue weighted by Gasteiger charge is -2.19. The topological polar surface area (TPSA) is 54.8 Å². The minimum atomic E-state index is 0.604. The summed E-state index contributed by atoms with van der Waals surface area (Å²) in [6.07, 6.45) is 6.25. The van der Waals surface area contributed by atoms with Crippen LogP contribution < -0.4 is 4.90 Å². The quantitative estimate of drug-likeness (QED) is 0.716. The molecule has 0 radical (unpaired) electrons. The maximum atomic E-state index is 4.71. The second-order valence-electron chi connectivity index (χ2n) is 6.19.